The molecular weight excluding hydrogens is 656 g/mol. The zero-order chi connectivity index (χ0) is 37.7. The highest BCUT2D eigenvalue weighted by Crippen LogP contribution is 2.29. The lowest BCUT2D eigenvalue weighted by Crippen LogP contribution is -2.65. The second kappa shape index (κ2) is 16.0. The van der Waals surface area contributed by atoms with Gasteiger partial charge in [0.2, 0.25) is 5.91 Å². The van der Waals surface area contributed by atoms with Crippen LogP contribution in [0.4, 0.5) is 20.2 Å². The number of rotatable bonds is 8. The van der Waals surface area contributed by atoms with Crippen LogP contribution in [0.3, 0.4) is 0 Å². The molecule has 2 heterocycles. The quantitative estimate of drug-likeness (QED) is 0.301. The third-order valence-electron chi connectivity index (χ3n) is 9.79. The zero-order valence-corrected chi connectivity index (χ0v) is 31.6. The Morgan fingerprint density at radius 2 is 1.53 bits per heavy atom. The Kier molecular flexibility index (Phi) is 12.5. The lowest BCUT2D eigenvalue weighted by molar-refractivity contribution is -0.145. The fraction of sp³-hybridized carbons (Fsp3) is 0.722. The molecule has 1 atom stereocenters. The first-order valence-corrected chi connectivity index (χ1v) is 18.1. The van der Waals surface area contributed by atoms with Gasteiger partial charge >= 0.3 is 23.9 Å². The predicted molar refractivity (Wildman–Crippen MR) is 194 cm³/mol. The third-order valence-corrected chi connectivity index (χ3v) is 9.79. The van der Waals surface area contributed by atoms with Crippen LogP contribution in [0.25, 0.3) is 5.70 Å². The Morgan fingerprint density at radius 3 is 2.06 bits per heavy atom. The molecule has 4 rings (SSSR count). The Balaban J connectivity index is 1.21. The van der Waals surface area contributed by atoms with Crippen molar-refractivity contribution in [1.82, 2.24) is 34.9 Å². The molecule has 1 saturated carbocycles. The number of carbonyl (C=O) groups excluding carboxylic acids is 3. The average molecular weight is 715 g/mol. The van der Waals surface area contributed by atoms with Crippen LogP contribution in [-0.4, -0.2) is 115 Å². The summed E-state index contributed by atoms with van der Waals surface area (Å²) in [7, 11) is 0. The minimum absolute atomic E-state index is 0.143. The summed E-state index contributed by atoms with van der Waals surface area (Å²) in [5.74, 6) is 0.292. The first-order chi connectivity index (χ1) is 23.7. The van der Waals surface area contributed by atoms with Crippen LogP contribution in [0.1, 0.15) is 100 Å². The Morgan fingerprint density at radius 1 is 0.922 bits per heavy atom. The maximum absolute atomic E-state index is 13.4. The van der Waals surface area contributed by atoms with Crippen LogP contribution < -0.4 is 21.6 Å². The number of aromatic nitrogens is 2. The standard InChI is InChI=1S/C36H58N8O7/c1-34(2,3)44(33(49)50)36(7,8)29(45)41-19-21-42(22-20-41)30(46)39-28-17-18-43(31(47)40-28)27-15-9-24(10-16-27)23-37-25-11-13-26(14-12-25)38-32(48)51-35(4,5)6/h15,17-18,24-26,37H,9-14,16,19-23H2,1-8H3,(H,38,48)(H,49,50)(H,39,40,46,47). The van der Waals surface area contributed by atoms with Gasteiger partial charge in [0.1, 0.15) is 17.0 Å². The number of carbonyl (C=O) groups is 4. The van der Waals surface area contributed by atoms with Gasteiger partial charge in [-0.1, -0.05) is 6.08 Å². The van der Waals surface area contributed by atoms with E-state index in [1.807, 2.05) is 20.8 Å². The molecule has 1 aromatic heterocycles. The van der Waals surface area contributed by atoms with Crippen LogP contribution in [0.15, 0.2) is 23.1 Å². The minimum Gasteiger partial charge on any atom is -0.465 e. The Labute approximate surface area is 301 Å². The van der Waals surface area contributed by atoms with E-state index in [0.717, 1.165) is 62.1 Å². The molecule has 15 heteroatoms. The molecule has 284 valence electrons. The second-order valence-electron chi connectivity index (χ2n) is 16.5. The first kappa shape index (κ1) is 39.6. The fourth-order valence-electron chi connectivity index (χ4n) is 7.37. The van der Waals surface area contributed by atoms with Gasteiger partial charge in [-0.2, -0.15) is 4.98 Å². The molecule has 0 radical (unpaired) electrons. The number of anilines is 1. The highest BCUT2D eigenvalue weighted by molar-refractivity contribution is 5.90. The van der Waals surface area contributed by atoms with Crippen molar-refractivity contribution in [2.24, 2.45) is 5.92 Å². The van der Waals surface area contributed by atoms with E-state index in [9.17, 15) is 29.1 Å². The number of allylic oxidation sites excluding steroid dienone is 2. The van der Waals surface area contributed by atoms with Gasteiger partial charge in [-0.3, -0.25) is 19.6 Å². The number of piperazine rings is 1. The summed E-state index contributed by atoms with van der Waals surface area (Å²) in [6.07, 6.45) is 8.57. The molecule has 4 N–H and O–H groups in total. The van der Waals surface area contributed by atoms with Crippen molar-refractivity contribution in [3.8, 4) is 0 Å². The van der Waals surface area contributed by atoms with Crippen LogP contribution in [-0.2, 0) is 9.53 Å². The van der Waals surface area contributed by atoms with Crippen molar-refractivity contribution in [3.05, 3.63) is 28.8 Å². The van der Waals surface area contributed by atoms with Crippen molar-refractivity contribution in [1.29, 1.82) is 0 Å². The molecule has 1 aromatic rings. The van der Waals surface area contributed by atoms with Crippen LogP contribution in [0, 0.1) is 5.92 Å². The number of ether oxygens (including phenoxy) is 1. The highest BCUT2D eigenvalue weighted by Gasteiger charge is 2.46. The lowest BCUT2D eigenvalue weighted by atomic mass is 9.89. The zero-order valence-electron chi connectivity index (χ0n) is 31.6. The monoisotopic (exact) mass is 714 g/mol. The third kappa shape index (κ3) is 10.7. The summed E-state index contributed by atoms with van der Waals surface area (Å²) in [4.78, 5) is 71.9. The summed E-state index contributed by atoms with van der Waals surface area (Å²) in [6.45, 7) is 15.9. The van der Waals surface area contributed by atoms with Gasteiger partial charge in [0.05, 0.1) is 0 Å². The number of urea groups is 1. The van der Waals surface area contributed by atoms with Gasteiger partial charge in [0, 0.05) is 55.7 Å². The highest BCUT2D eigenvalue weighted by atomic mass is 16.6. The maximum atomic E-state index is 13.4. The fourth-order valence-corrected chi connectivity index (χ4v) is 7.37. The van der Waals surface area contributed by atoms with E-state index in [4.69, 9.17) is 4.74 Å². The molecule has 0 spiro atoms. The van der Waals surface area contributed by atoms with Crippen molar-refractivity contribution < 1.29 is 29.0 Å². The lowest BCUT2D eigenvalue weighted by Gasteiger charge is -2.47. The van der Waals surface area contributed by atoms with Crippen molar-refractivity contribution in [3.63, 3.8) is 0 Å². The van der Waals surface area contributed by atoms with Gasteiger partial charge in [-0.05, 0) is 119 Å². The molecule has 2 aliphatic carbocycles. The van der Waals surface area contributed by atoms with Gasteiger partial charge in [0.15, 0.2) is 0 Å². The molecule has 0 aromatic carbocycles. The van der Waals surface area contributed by atoms with Crippen molar-refractivity contribution in [2.75, 3.05) is 38.0 Å². The van der Waals surface area contributed by atoms with Crippen LogP contribution in [0.2, 0.25) is 0 Å². The topological polar surface area (TPSA) is 178 Å². The first-order valence-electron chi connectivity index (χ1n) is 18.1. The van der Waals surface area contributed by atoms with Gasteiger partial charge < -0.3 is 30.3 Å². The summed E-state index contributed by atoms with van der Waals surface area (Å²) < 4.78 is 6.91. The number of hydrogen-bond acceptors (Lipinski definition) is 8. The van der Waals surface area contributed by atoms with E-state index in [1.165, 1.54) is 4.57 Å². The molecular formula is C36H58N8O7. The van der Waals surface area contributed by atoms with Crippen molar-refractivity contribution >= 4 is 35.6 Å². The number of nitrogens with zero attached hydrogens (tertiary/aromatic N) is 5. The van der Waals surface area contributed by atoms with E-state index in [0.29, 0.717) is 12.0 Å². The maximum Gasteiger partial charge on any atom is 0.408 e. The van der Waals surface area contributed by atoms with E-state index in [-0.39, 0.29) is 50.0 Å². The molecule has 2 fully saturated rings. The molecule has 1 saturated heterocycles. The average Bonchev–Trinajstić information content (AvgIpc) is 3.02. The summed E-state index contributed by atoms with van der Waals surface area (Å²) in [5, 5.41) is 19.2. The molecule has 1 unspecified atom stereocenters. The number of nitrogens with one attached hydrogen (secondary N) is 3. The van der Waals surface area contributed by atoms with Crippen LogP contribution in [0.5, 0.6) is 0 Å². The summed E-state index contributed by atoms with van der Waals surface area (Å²) in [6, 6.07) is 1.75. The number of hydrogen-bond donors (Lipinski definition) is 4. The van der Waals surface area contributed by atoms with Crippen molar-refractivity contribution in [2.45, 2.75) is 129 Å². The smallest absolute Gasteiger partial charge is 0.408 e. The second-order valence-corrected chi connectivity index (χ2v) is 16.5. The summed E-state index contributed by atoms with van der Waals surface area (Å²) in [5.41, 5.74) is -2.15. The minimum atomic E-state index is -1.29. The molecule has 5 amide bonds. The molecule has 15 nitrogen and oxygen atoms in total. The number of alkyl carbamates (subject to hydrolysis) is 1. The van der Waals surface area contributed by atoms with E-state index in [2.05, 4.69) is 27.0 Å². The molecule has 3 aliphatic rings. The van der Waals surface area contributed by atoms with Crippen LogP contribution >= 0.6 is 0 Å². The molecule has 0 bridgehead atoms. The predicted octanol–water partition coefficient (Wildman–Crippen LogP) is 4.54. The van der Waals surface area contributed by atoms with E-state index in [1.54, 1.807) is 56.7 Å². The van der Waals surface area contributed by atoms with E-state index >= 15 is 0 Å². The van der Waals surface area contributed by atoms with E-state index < -0.39 is 34.5 Å². The molecule has 51 heavy (non-hydrogen) atoms. The Bertz CT molecular complexity index is 1510. The number of amides is 5. The SMILES string of the molecule is CC(C)(C)OC(=O)NC1CCC(NCC2CC=C(n3ccc(NC(=O)N4CCN(C(=O)C(C)(C)N(C(=O)O)C(C)(C)C)CC4)nc3=O)CC2)CC1. The summed E-state index contributed by atoms with van der Waals surface area (Å²) >= 11 is 0. The number of carboxylic acid groups (broad SMARTS) is 1. The Hall–Kier alpha value is -4.14. The largest absolute Gasteiger partial charge is 0.465 e. The normalized spacial score (nSPS) is 21.7. The van der Waals surface area contributed by atoms with Gasteiger partial charge in [-0.15, -0.1) is 0 Å². The molecule has 1 aliphatic heterocycles. The van der Waals surface area contributed by atoms with Gasteiger partial charge in [-0.25, -0.2) is 19.2 Å². The van der Waals surface area contributed by atoms with Gasteiger partial charge in [0.25, 0.3) is 0 Å².